The lowest BCUT2D eigenvalue weighted by Gasteiger charge is -2.24. The monoisotopic (exact) mass is 306 g/mol. The standard InChI is InChI=1S/C20H34O2/c1-15(2)18-10-9-16(3)7-6-8-17(4)13-19(21)14-20(5,22)12-11-18/h7,11-13,15,18-19,21-22H,6,8-10,14H2,1-5H3/b12-11-,16-7+,17-13+. The van der Waals surface area contributed by atoms with Crippen LogP contribution in [0, 0.1) is 11.8 Å². The zero-order valence-corrected chi connectivity index (χ0v) is 15.0. The van der Waals surface area contributed by atoms with Crippen molar-refractivity contribution in [2.45, 2.75) is 78.4 Å². The van der Waals surface area contributed by atoms with Crippen molar-refractivity contribution in [2.75, 3.05) is 0 Å². The summed E-state index contributed by atoms with van der Waals surface area (Å²) in [6, 6.07) is 0. The van der Waals surface area contributed by atoms with E-state index in [1.54, 1.807) is 6.92 Å². The smallest absolute Gasteiger partial charge is 0.0827 e. The van der Waals surface area contributed by atoms with E-state index in [0.29, 0.717) is 18.3 Å². The summed E-state index contributed by atoms with van der Waals surface area (Å²) < 4.78 is 0. The highest BCUT2D eigenvalue weighted by molar-refractivity contribution is 5.10. The number of hydrogen-bond acceptors (Lipinski definition) is 2. The van der Waals surface area contributed by atoms with E-state index < -0.39 is 11.7 Å². The molecule has 22 heavy (non-hydrogen) atoms. The summed E-state index contributed by atoms with van der Waals surface area (Å²) in [4.78, 5) is 0. The molecule has 2 nitrogen and oxygen atoms in total. The first kappa shape index (κ1) is 19.2. The fourth-order valence-electron chi connectivity index (χ4n) is 2.99. The average Bonchev–Trinajstić information content (AvgIpc) is 2.36. The van der Waals surface area contributed by atoms with E-state index in [1.807, 2.05) is 12.2 Å². The van der Waals surface area contributed by atoms with Crippen molar-refractivity contribution in [2.24, 2.45) is 11.8 Å². The Balaban J connectivity index is 2.97. The van der Waals surface area contributed by atoms with Crippen LogP contribution in [0.25, 0.3) is 0 Å². The number of hydrogen-bond donors (Lipinski definition) is 2. The third-order valence-corrected chi connectivity index (χ3v) is 4.56. The molecule has 1 rings (SSSR count). The van der Waals surface area contributed by atoms with Crippen molar-refractivity contribution in [1.82, 2.24) is 0 Å². The normalized spacial score (nSPS) is 38.5. The maximum atomic E-state index is 10.5. The molecule has 0 saturated heterocycles. The molecule has 2 heteroatoms. The van der Waals surface area contributed by atoms with Gasteiger partial charge in [0.1, 0.15) is 0 Å². The van der Waals surface area contributed by atoms with Gasteiger partial charge in [0.05, 0.1) is 11.7 Å². The van der Waals surface area contributed by atoms with E-state index in [-0.39, 0.29) is 0 Å². The Labute approximate surface area is 136 Å². The Kier molecular flexibility index (Phi) is 7.58. The van der Waals surface area contributed by atoms with Gasteiger partial charge in [-0.05, 0) is 58.3 Å². The van der Waals surface area contributed by atoms with Gasteiger partial charge in [0.15, 0.2) is 0 Å². The van der Waals surface area contributed by atoms with Crippen LogP contribution in [0.3, 0.4) is 0 Å². The third-order valence-electron chi connectivity index (χ3n) is 4.56. The molecule has 0 aromatic heterocycles. The van der Waals surface area contributed by atoms with Crippen LogP contribution >= 0.6 is 0 Å². The van der Waals surface area contributed by atoms with Gasteiger partial charge < -0.3 is 10.2 Å². The second kappa shape index (κ2) is 8.69. The van der Waals surface area contributed by atoms with Crippen LogP contribution in [-0.4, -0.2) is 21.9 Å². The van der Waals surface area contributed by atoms with Gasteiger partial charge >= 0.3 is 0 Å². The van der Waals surface area contributed by atoms with Gasteiger partial charge in [-0.1, -0.05) is 49.3 Å². The highest BCUT2D eigenvalue weighted by Crippen LogP contribution is 2.25. The first-order valence-corrected chi connectivity index (χ1v) is 8.62. The fourth-order valence-corrected chi connectivity index (χ4v) is 2.99. The van der Waals surface area contributed by atoms with Gasteiger partial charge in [-0.2, -0.15) is 0 Å². The lowest BCUT2D eigenvalue weighted by molar-refractivity contribution is 0.0565. The van der Waals surface area contributed by atoms with E-state index in [4.69, 9.17) is 0 Å². The maximum Gasteiger partial charge on any atom is 0.0827 e. The Morgan fingerprint density at radius 2 is 1.86 bits per heavy atom. The summed E-state index contributed by atoms with van der Waals surface area (Å²) in [6.07, 6.45) is 12.2. The average molecular weight is 306 g/mol. The summed E-state index contributed by atoms with van der Waals surface area (Å²) in [7, 11) is 0. The van der Waals surface area contributed by atoms with Crippen LogP contribution in [0.15, 0.2) is 35.5 Å². The van der Waals surface area contributed by atoms with Crippen LogP contribution in [0.2, 0.25) is 0 Å². The van der Waals surface area contributed by atoms with Crippen molar-refractivity contribution in [3.05, 3.63) is 35.5 Å². The Morgan fingerprint density at radius 3 is 2.50 bits per heavy atom. The highest BCUT2D eigenvalue weighted by atomic mass is 16.3. The minimum atomic E-state index is -0.960. The fraction of sp³-hybridized carbons (Fsp3) is 0.700. The number of allylic oxidation sites excluding steroid dienone is 4. The Hall–Kier alpha value is -0.860. The predicted octanol–water partition coefficient (Wildman–Crippen LogP) is 4.78. The van der Waals surface area contributed by atoms with Crippen LogP contribution in [0.4, 0.5) is 0 Å². The molecule has 0 aromatic rings. The second-order valence-electron chi connectivity index (χ2n) is 7.54. The van der Waals surface area contributed by atoms with Gasteiger partial charge in [-0.3, -0.25) is 0 Å². The quantitative estimate of drug-likeness (QED) is 0.684. The SMILES string of the molecule is C/C1=C\C(O)CC(C)(O)/C=C\C(C(C)C)CC/C(C)=C/CC1. The summed E-state index contributed by atoms with van der Waals surface area (Å²) in [5, 5.41) is 20.7. The molecule has 0 bridgehead atoms. The molecule has 1 aliphatic rings. The van der Waals surface area contributed by atoms with Crippen LogP contribution in [0.5, 0.6) is 0 Å². The second-order valence-corrected chi connectivity index (χ2v) is 7.54. The molecule has 3 unspecified atom stereocenters. The van der Waals surface area contributed by atoms with Gasteiger partial charge in [0.2, 0.25) is 0 Å². The van der Waals surface area contributed by atoms with Crippen molar-refractivity contribution in [1.29, 1.82) is 0 Å². The summed E-state index contributed by atoms with van der Waals surface area (Å²) in [5.74, 6) is 1.02. The van der Waals surface area contributed by atoms with E-state index in [2.05, 4.69) is 39.8 Å². The molecule has 0 saturated carbocycles. The van der Waals surface area contributed by atoms with E-state index in [1.165, 1.54) is 11.1 Å². The molecule has 2 N–H and O–H groups in total. The van der Waals surface area contributed by atoms with E-state index >= 15 is 0 Å². The molecule has 0 radical (unpaired) electrons. The molecule has 0 aromatic carbocycles. The molecular formula is C20H34O2. The van der Waals surface area contributed by atoms with Gasteiger partial charge in [-0.25, -0.2) is 0 Å². The summed E-state index contributed by atoms with van der Waals surface area (Å²) in [6.45, 7) is 10.5. The van der Waals surface area contributed by atoms with Crippen molar-refractivity contribution < 1.29 is 10.2 Å². The third kappa shape index (κ3) is 7.42. The Morgan fingerprint density at radius 1 is 1.18 bits per heavy atom. The van der Waals surface area contributed by atoms with E-state index in [0.717, 1.165) is 25.7 Å². The molecule has 0 spiro atoms. The molecule has 0 aliphatic heterocycles. The molecule has 0 fully saturated rings. The van der Waals surface area contributed by atoms with Crippen LogP contribution in [0.1, 0.15) is 66.7 Å². The largest absolute Gasteiger partial charge is 0.389 e. The van der Waals surface area contributed by atoms with Gasteiger partial charge in [0, 0.05) is 6.42 Å². The lowest BCUT2D eigenvalue weighted by atomic mass is 9.86. The zero-order valence-electron chi connectivity index (χ0n) is 15.0. The first-order valence-electron chi connectivity index (χ1n) is 8.62. The van der Waals surface area contributed by atoms with Crippen molar-refractivity contribution in [3.8, 4) is 0 Å². The molecule has 0 heterocycles. The molecule has 0 amide bonds. The maximum absolute atomic E-state index is 10.5. The summed E-state index contributed by atoms with van der Waals surface area (Å²) >= 11 is 0. The minimum absolute atomic E-state index is 0.348. The first-order chi connectivity index (χ1) is 10.2. The Bertz CT molecular complexity index is 427. The summed E-state index contributed by atoms with van der Waals surface area (Å²) in [5.41, 5.74) is 1.67. The van der Waals surface area contributed by atoms with Crippen molar-refractivity contribution in [3.63, 3.8) is 0 Å². The number of aliphatic hydroxyl groups is 2. The van der Waals surface area contributed by atoms with Gasteiger partial charge in [-0.15, -0.1) is 0 Å². The predicted molar refractivity (Wildman–Crippen MR) is 94.7 cm³/mol. The molecule has 126 valence electrons. The zero-order chi connectivity index (χ0) is 16.8. The van der Waals surface area contributed by atoms with Crippen LogP contribution in [-0.2, 0) is 0 Å². The highest BCUT2D eigenvalue weighted by Gasteiger charge is 2.21. The minimum Gasteiger partial charge on any atom is -0.389 e. The number of aliphatic hydroxyl groups excluding tert-OH is 1. The topological polar surface area (TPSA) is 40.5 Å². The number of rotatable bonds is 1. The lowest BCUT2D eigenvalue weighted by Crippen LogP contribution is -2.27. The van der Waals surface area contributed by atoms with Crippen LogP contribution < -0.4 is 0 Å². The molecular weight excluding hydrogens is 272 g/mol. The molecule has 3 atom stereocenters. The van der Waals surface area contributed by atoms with E-state index in [9.17, 15) is 10.2 Å². The van der Waals surface area contributed by atoms with Gasteiger partial charge in [0.25, 0.3) is 0 Å². The van der Waals surface area contributed by atoms with Crippen molar-refractivity contribution >= 4 is 0 Å². The molecule has 1 aliphatic carbocycles.